The summed E-state index contributed by atoms with van der Waals surface area (Å²) in [7, 11) is 1.61. The summed E-state index contributed by atoms with van der Waals surface area (Å²) in [6.45, 7) is 1.09. The normalized spacial score (nSPS) is 10.7. The van der Waals surface area contributed by atoms with Crippen LogP contribution in [0.1, 0.15) is 11.7 Å². The molecule has 0 bridgehead atoms. The molecule has 0 saturated heterocycles. The quantitative estimate of drug-likeness (QED) is 0.750. The molecule has 21 heavy (non-hydrogen) atoms. The van der Waals surface area contributed by atoms with E-state index in [2.05, 4.69) is 15.5 Å². The van der Waals surface area contributed by atoms with Crippen LogP contribution in [0.5, 0.6) is 5.75 Å². The summed E-state index contributed by atoms with van der Waals surface area (Å²) in [5.74, 6) is 2.53. The maximum Gasteiger partial charge on any atom is 0.251 e. The molecular formula is C15H15N3O3. The molecule has 1 aromatic carbocycles. The fraction of sp³-hybridized carbons (Fsp3) is 0.200. The molecule has 0 unspecified atom stereocenters. The number of nitrogens with one attached hydrogen (secondary N) is 1. The Hall–Kier alpha value is -2.60. The van der Waals surface area contributed by atoms with E-state index in [-0.39, 0.29) is 0 Å². The number of hydrogen-bond acceptors (Lipinski definition) is 6. The summed E-state index contributed by atoms with van der Waals surface area (Å²) < 4.78 is 16.2. The lowest BCUT2D eigenvalue weighted by molar-refractivity contribution is 0.412. The van der Waals surface area contributed by atoms with E-state index in [4.69, 9.17) is 13.6 Å². The van der Waals surface area contributed by atoms with Crippen molar-refractivity contribution in [2.45, 2.75) is 13.1 Å². The zero-order chi connectivity index (χ0) is 14.5. The number of hydrogen-bond donors (Lipinski definition) is 1. The molecule has 6 nitrogen and oxygen atoms in total. The predicted octanol–water partition coefficient (Wildman–Crippen LogP) is 2.63. The van der Waals surface area contributed by atoms with Crippen LogP contribution < -0.4 is 10.1 Å². The van der Waals surface area contributed by atoms with Gasteiger partial charge in [0.2, 0.25) is 5.89 Å². The van der Waals surface area contributed by atoms with E-state index in [0.717, 1.165) is 11.3 Å². The number of rotatable bonds is 6. The summed E-state index contributed by atoms with van der Waals surface area (Å²) in [6.07, 6.45) is 1.64. The molecular weight excluding hydrogens is 270 g/mol. The fourth-order valence-corrected chi connectivity index (χ4v) is 1.96. The van der Waals surface area contributed by atoms with E-state index >= 15 is 0 Å². The van der Waals surface area contributed by atoms with Gasteiger partial charge in [0.15, 0.2) is 0 Å². The Morgan fingerprint density at radius 2 is 2.00 bits per heavy atom. The van der Waals surface area contributed by atoms with Gasteiger partial charge in [-0.1, -0.05) is 12.1 Å². The average molecular weight is 285 g/mol. The minimum Gasteiger partial charge on any atom is -0.496 e. The van der Waals surface area contributed by atoms with Crippen LogP contribution in [-0.4, -0.2) is 17.3 Å². The molecule has 6 heteroatoms. The number of benzene rings is 1. The van der Waals surface area contributed by atoms with Crippen LogP contribution in [0.4, 0.5) is 0 Å². The van der Waals surface area contributed by atoms with Gasteiger partial charge in [-0.25, -0.2) is 0 Å². The standard InChI is InChI=1S/C15H15N3O3/c1-19-13-7-3-2-6-12(13)15-18-17-14(21-15)10-16-9-11-5-4-8-20-11/h2-8,16H,9-10H2,1H3. The average Bonchev–Trinajstić information content (AvgIpc) is 3.19. The van der Waals surface area contributed by atoms with Crippen molar-refractivity contribution in [3.8, 4) is 17.2 Å². The van der Waals surface area contributed by atoms with Crippen molar-refractivity contribution in [1.82, 2.24) is 15.5 Å². The minimum absolute atomic E-state index is 0.447. The van der Waals surface area contributed by atoms with Gasteiger partial charge >= 0.3 is 0 Å². The molecule has 0 fully saturated rings. The lowest BCUT2D eigenvalue weighted by Crippen LogP contribution is -2.12. The highest BCUT2D eigenvalue weighted by molar-refractivity contribution is 5.62. The van der Waals surface area contributed by atoms with Gasteiger partial charge in [-0.15, -0.1) is 10.2 Å². The van der Waals surface area contributed by atoms with Crippen molar-refractivity contribution in [3.05, 3.63) is 54.3 Å². The first kappa shape index (κ1) is 13.4. The number of furan rings is 1. The Kier molecular flexibility index (Phi) is 3.97. The monoisotopic (exact) mass is 285 g/mol. The zero-order valence-electron chi connectivity index (χ0n) is 11.6. The summed E-state index contributed by atoms with van der Waals surface area (Å²) >= 11 is 0. The van der Waals surface area contributed by atoms with E-state index in [1.807, 2.05) is 36.4 Å². The minimum atomic E-state index is 0.447. The topological polar surface area (TPSA) is 73.3 Å². The molecule has 0 aliphatic rings. The first-order valence-corrected chi connectivity index (χ1v) is 6.55. The molecule has 0 amide bonds. The van der Waals surface area contributed by atoms with Crippen molar-refractivity contribution in [2.24, 2.45) is 0 Å². The largest absolute Gasteiger partial charge is 0.496 e. The molecule has 0 atom stereocenters. The molecule has 3 aromatic rings. The van der Waals surface area contributed by atoms with Gasteiger partial charge in [0.25, 0.3) is 5.89 Å². The second-order valence-electron chi connectivity index (χ2n) is 4.38. The van der Waals surface area contributed by atoms with Crippen LogP contribution in [0.2, 0.25) is 0 Å². The van der Waals surface area contributed by atoms with Gasteiger partial charge in [0, 0.05) is 0 Å². The summed E-state index contributed by atoms with van der Waals surface area (Å²) in [5.41, 5.74) is 0.782. The third-order valence-corrected chi connectivity index (χ3v) is 2.96. The Labute approximate surface area is 121 Å². The third-order valence-electron chi connectivity index (χ3n) is 2.96. The fourth-order valence-electron chi connectivity index (χ4n) is 1.96. The van der Waals surface area contributed by atoms with Crippen molar-refractivity contribution < 1.29 is 13.6 Å². The Morgan fingerprint density at radius 3 is 2.81 bits per heavy atom. The van der Waals surface area contributed by atoms with Crippen LogP contribution >= 0.6 is 0 Å². The van der Waals surface area contributed by atoms with Crippen LogP contribution in [0.15, 0.2) is 51.5 Å². The first-order valence-electron chi connectivity index (χ1n) is 6.55. The van der Waals surface area contributed by atoms with Crippen LogP contribution in [-0.2, 0) is 13.1 Å². The molecule has 0 aliphatic heterocycles. The zero-order valence-corrected chi connectivity index (χ0v) is 11.6. The molecule has 1 N–H and O–H groups in total. The summed E-state index contributed by atoms with van der Waals surface area (Å²) in [5, 5.41) is 11.2. The van der Waals surface area contributed by atoms with Crippen molar-refractivity contribution in [3.63, 3.8) is 0 Å². The second-order valence-corrected chi connectivity index (χ2v) is 4.38. The second kappa shape index (κ2) is 6.23. The Bertz CT molecular complexity index is 692. The van der Waals surface area contributed by atoms with Gasteiger partial charge in [-0.2, -0.15) is 0 Å². The third kappa shape index (κ3) is 3.11. The van der Waals surface area contributed by atoms with Crippen molar-refractivity contribution in [1.29, 1.82) is 0 Å². The molecule has 0 spiro atoms. The highest BCUT2D eigenvalue weighted by Crippen LogP contribution is 2.28. The molecule has 108 valence electrons. The van der Waals surface area contributed by atoms with E-state index in [1.54, 1.807) is 13.4 Å². The van der Waals surface area contributed by atoms with Gasteiger partial charge in [-0.05, 0) is 24.3 Å². The van der Waals surface area contributed by atoms with Gasteiger partial charge in [-0.3, -0.25) is 0 Å². The van der Waals surface area contributed by atoms with E-state index in [9.17, 15) is 0 Å². The molecule has 0 aliphatic carbocycles. The van der Waals surface area contributed by atoms with Crippen LogP contribution in [0.25, 0.3) is 11.5 Å². The molecule has 0 saturated carbocycles. The molecule has 2 heterocycles. The van der Waals surface area contributed by atoms with E-state index < -0.39 is 0 Å². The van der Waals surface area contributed by atoms with Crippen molar-refractivity contribution >= 4 is 0 Å². The number of nitrogens with zero attached hydrogens (tertiary/aromatic N) is 2. The van der Waals surface area contributed by atoms with E-state index in [1.165, 1.54) is 0 Å². The first-order chi connectivity index (χ1) is 10.4. The number of aromatic nitrogens is 2. The van der Waals surface area contributed by atoms with Crippen LogP contribution in [0.3, 0.4) is 0 Å². The van der Waals surface area contributed by atoms with Gasteiger partial charge < -0.3 is 18.9 Å². The highest BCUT2D eigenvalue weighted by atomic mass is 16.5. The smallest absolute Gasteiger partial charge is 0.251 e. The maximum atomic E-state index is 5.64. The lowest BCUT2D eigenvalue weighted by Gasteiger charge is -2.03. The number of para-hydroxylation sites is 1. The summed E-state index contributed by atoms with van der Waals surface area (Å²) in [4.78, 5) is 0. The van der Waals surface area contributed by atoms with Crippen LogP contribution in [0, 0.1) is 0 Å². The van der Waals surface area contributed by atoms with Gasteiger partial charge in [0.1, 0.15) is 11.5 Å². The number of ether oxygens (including phenoxy) is 1. The van der Waals surface area contributed by atoms with E-state index in [0.29, 0.717) is 30.6 Å². The lowest BCUT2D eigenvalue weighted by atomic mass is 10.2. The van der Waals surface area contributed by atoms with Crippen molar-refractivity contribution in [2.75, 3.05) is 7.11 Å². The van der Waals surface area contributed by atoms with Gasteiger partial charge in [0.05, 0.1) is 32.0 Å². The molecule has 3 rings (SSSR count). The summed E-state index contributed by atoms with van der Waals surface area (Å²) in [6, 6.07) is 11.3. The Morgan fingerprint density at radius 1 is 1.10 bits per heavy atom. The Balaban J connectivity index is 1.66. The SMILES string of the molecule is COc1ccccc1-c1nnc(CNCc2ccco2)o1. The molecule has 0 radical (unpaired) electrons. The molecule has 2 aromatic heterocycles. The maximum absolute atomic E-state index is 5.64. The predicted molar refractivity (Wildman–Crippen MR) is 75.5 cm³/mol. The highest BCUT2D eigenvalue weighted by Gasteiger charge is 2.12. The number of methoxy groups -OCH3 is 1.